The number of aliphatic hydroxyl groups excluding tert-OH is 1. The Morgan fingerprint density at radius 1 is 0.821 bits per heavy atom. The predicted molar refractivity (Wildman–Crippen MR) is 109 cm³/mol. The third-order valence-corrected chi connectivity index (χ3v) is 6.41. The van der Waals surface area contributed by atoms with Gasteiger partial charge in [-0.3, -0.25) is 4.98 Å². The zero-order chi connectivity index (χ0) is 19.5. The summed E-state index contributed by atoms with van der Waals surface area (Å²) in [6.07, 6.45) is 1.45. The van der Waals surface area contributed by atoms with Crippen molar-refractivity contribution < 1.29 is 13.9 Å². The van der Waals surface area contributed by atoms with Crippen LogP contribution in [0.2, 0.25) is 0 Å². The molecule has 4 aromatic rings. The van der Waals surface area contributed by atoms with Crippen molar-refractivity contribution >= 4 is 34.4 Å². The van der Waals surface area contributed by atoms with E-state index < -0.39 is 11.6 Å². The molecule has 0 bridgehead atoms. The van der Waals surface area contributed by atoms with E-state index in [2.05, 4.69) is 4.98 Å². The van der Waals surface area contributed by atoms with E-state index in [9.17, 15) is 9.50 Å². The largest absolute Gasteiger partial charge is 0.392 e. The van der Waals surface area contributed by atoms with Crippen LogP contribution in [0.3, 0.4) is 0 Å². The summed E-state index contributed by atoms with van der Waals surface area (Å²) in [5, 5.41) is 10.1. The standard InChI is InChI=1S/C22H15F2NOS2/c23-18-11-17-20(19(24)22(18)28-16-9-5-2-6-10-16)25-12-14(13-26)21(17)27-15-7-3-1-4-8-15/h1-12,26H,13H2. The second-order valence-electron chi connectivity index (χ2n) is 6.00. The average molecular weight is 411 g/mol. The molecule has 0 aliphatic rings. The molecule has 1 heterocycles. The molecule has 6 heteroatoms. The zero-order valence-corrected chi connectivity index (χ0v) is 16.2. The summed E-state index contributed by atoms with van der Waals surface area (Å²) in [6.45, 7) is -0.262. The number of fused-ring (bicyclic) bond motifs is 1. The number of hydrogen-bond donors (Lipinski definition) is 1. The number of benzene rings is 3. The van der Waals surface area contributed by atoms with Gasteiger partial charge in [-0.05, 0) is 30.3 Å². The lowest BCUT2D eigenvalue weighted by atomic mass is 10.1. The zero-order valence-electron chi connectivity index (χ0n) is 14.6. The van der Waals surface area contributed by atoms with E-state index >= 15 is 4.39 Å². The minimum absolute atomic E-state index is 0.0846. The van der Waals surface area contributed by atoms with Crippen molar-refractivity contribution in [3.63, 3.8) is 0 Å². The van der Waals surface area contributed by atoms with Gasteiger partial charge in [0, 0.05) is 31.8 Å². The quantitative estimate of drug-likeness (QED) is 0.417. The van der Waals surface area contributed by atoms with Crippen molar-refractivity contribution in [3.05, 3.63) is 90.1 Å². The lowest BCUT2D eigenvalue weighted by molar-refractivity contribution is 0.278. The summed E-state index contributed by atoms with van der Waals surface area (Å²) in [5.74, 6) is -1.34. The first kappa shape index (κ1) is 18.9. The summed E-state index contributed by atoms with van der Waals surface area (Å²) in [7, 11) is 0. The van der Waals surface area contributed by atoms with Crippen molar-refractivity contribution in [1.82, 2.24) is 4.98 Å². The van der Waals surface area contributed by atoms with E-state index in [1.165, 1.54) is 24.0 Å². The Kier molecular flexibility index (Phi) is 5.62. The molecule has 0 spiro atoms. The molecule has 4 rings (SSSR count). The van der Waals surface area contributed by atoms with Gasteiger partial charge in [-0.2, -0.15) is 0 Å². The van der Waals surface area contributed by atoms with Gasteiger partial charge >= 0.3 is 0 Å². The van der Waals surface area contributed by atoms with Crippen molar-refractivity contribution in [2.45, 2.75) is 26.2 Å². The topological polar surface area (TPSA) is 33.1 Å². The number of aromatic nitrogens is 1. The molecule has 0 aliphatic carbocycles. The minimum Gasteiger partial charge on any atom is -0.392 e. The molecule has 0 amide bonds. The Labute approximate surface area is 169 Å². The highest BCUT2D eigenvalue weighted by Gasteiger charge is 2.20. The Hall–Kier alpha value is -2.41. The first-order valence-corrected chi connectivity index (χ1v) is 10.2. The van der Waals surface area contributed by atoms with Crippen LogP contribution in [-0.2, 0) is 6.61 Å². The SMILES string of the molecule is OCc1cnc2c(F)c(Sc3ccccc3)c(F)cc2c1Sc1ccccc1. The average Bonchev–Trinajstić information content (AvgIpc) is 2.73. The number of halogens is 2. The van der Waals surface area contributed by atoms with Crippen LogP contribution in [0, 0.1) is 11.6 Å². The van der Waals surface area contributed by atoms with Crippen molar-refractivity contribution in [3.8, 4) is 0 Å². The summed E-state index contributed by atoms with van der Waals surface area (Å²) in [6, 6.07) is 19.9. The van der Waals surface area contributed by atoms with Gasteiger partial charge in [0.05, 0.1) is 11.5 Å². The van der Waals surface area contributed by atoms with Gasteiger partial charge < -0.3 is 5.11 Å². The molecule has 0 fully saturated rings. The second kappa shape index (κ2) is 8.31. The highest BCUT2D eigenvalue weighted by atomic mass is 32.2. The van der Waals surface area contributed by atoms with Gasteiger partial charge in [0.25, 0.3) is 0 Å². The summed E-state index contributed by atoms with van der Waals surface area (Å²) in [4.78, 5) is 6.34. The molecule has 0 saturated heterocycles. The molecule has 0 atom stereocenters. The van der Waals surface area contributed by atoms with Gasteiger partial charge in [-0.15, -0.1) is 0 Å². The van der Waals surface area contributed by atoms with E-state index in [4.69, 9.17) is 0 Å². The van der Waals surface area contributed by atoms with Crippen molar-refractivity contribution in [2.75, 3.05) is 0 Å². The van der Waals surface area contributed by atoms with Crippen molar-refractivity contribution in [2.24, 2.45) is 0 Å². The maximum atomic E-state index is 15.2. The Morgan fingerprint density at radius 3 is 1.96 bits per heavy atom. The lowest BCUT2D eigenvalue weighted by Crippen LogP contribution is -1.98. The monoisotopic (exact) mass is 411 g/mol. The molecule has 3 aromatic carbocycles. The highest BCUT2D eigenvalue weighted by molar-refractivity contribution is 7.99. The Bertz CT molecular complexity index is 1120. The lowest BCUT2D eigenvalue weighted by Gasteiger charge is -2.13. The van der Waals surface area contributed by atoms with Gasteiger partial charge in [-0.1, -0.05) is 59.9 Å². The molecule has 0 unspecified atom stereocenters. The molecule has 0 saturated carbocycles. The smallest absolute Gasteiger partial charge is 0.166 e. The number of aliphatic hydroxyl groups is 1. The molecule has 28 heavy (non-hydrogen) atoms. The van der Waals surface area contributed by atoms with E-state index in [1.54, 1.807) is 12.1 Å². The molecule has 2 nitrogen and oxygen atoms in total. The fraction of sp³-hybridized carbons (Fsp3) is 0.0455. The highest BCUT2D eigenvalue weighted by Crippen LogP contribution is 2.40. The molecule has 1 aromatic heterocycles. The normalized spacial score (nSPS) is 11.1. The number of hydrogen-bond acceptors (Lipinski definition) is 4. The number of rotatable bonds is 5. The van der Waals surface area contributed by atoms with Crippen LogP contribution in [0.25, 0.3) is 10.9 Å². The third kappa shape index (κ3) is 3.76. The summed E-state index contributed by atoms with van der Waals surface area (Å²) >= 11 is 2.38. The van der Waals surface area contributed by atoms with Crippen LogP contribution in [0.15, 0.2) is 92.5 Å². The molecule has 0 aliphatic heterocycles. The third-order valence-electron chi connectivity index (χ3n) is 4.13. The van der Waals surface area contributed by atoms with Crippen LogP contribution in [0.4, 0.5) is 8.78 Å². The summed E-state index contributed by atoms with van der Waals surface area (Å²) < 4.78 is 30.0. The van der Waals surface area contributed by atoms with Gasteiger partial charge in [0.15, 0.2) is 5.82 Å². The maximum absolute atomic E-state index is 15.2. The van der Waals surface area contributed by atoms with Crippen LogP contribution in [0.1, 0.15) is 5.56 Å². The van der Waals surface area contributed by atoms with Gasteiger partial charge in [0.2, 0.25) is 0 Å². The van der Waals surface area contributed by atoms with Gasteiger partial charge in [0.1, 0.15) is 11.3 Å². The Balaban J connectivity index is 1.85. The Morgan fingerprint density at radius 2 is 1.39 bits per heavy atom. The maximum Gasteiger partial charge on any atom is 0.166 e. The molecular formula is C22H15F2NOS2. The van der Waals surface area contributed by atoms with E-state index in [0.717, 1.165) is 21.6 Å². The molecular weight excluding hydrogens is 396 g/mol. The van der Waals surface area contributed by atoms with E-state index in [-0.39, 0.29) is 17.0 Å². The van der Waals surface area contributed by atoms with E-state index in [0.29, 0.717) is 15.8 Å². The second-order valence-corrected chi connectivity index (χ2v) is 8.17. The van der Waals surface area contributed by atoms with Crippen molar-refractivity contribution in [1.29, 1.82) is 0 Å². The first-order chi connectivity index (χ1) is 13.7. The van der Waals surface area contributed by atoms with Crippen LogP contribution < -0.4 is 0 Å². The molecule has 1 N–H and O–H groups in total. The number of pyridine rings is 1. The summed E-state index contributed by atoms with van der Waals surface area (Å²) in [5.41, 5.74) is 0.624. The van der Waals surface area contributed by atoms with E-state index in [1.807, 2.05) is 48.5 Å². The van der Waals surface area contributed by atoms with Crippen LogP contribution >= 0.6 is 23.5 Å². The number of nitrogens with zero attached hydrogens (tertiary/aromatic N) is 1. The minimum atomic E-state index is -0.691. The van der Waals surface area contributed by atoms with Gasteiger partial charge in [-0.25, -0.2) is 8.78 Å². The van der Waals surface area contributed by atoms with Crippen LogP contribution in [-0.4, -0.2) is 10.1 Å². The fourth-order valence-electron chi connectivity index (χ4n) is 2.80. The predicted octanol–water partition coefficient (Wildman–Crippen LogP) is 6.31. The first-order valence-electron chi connectivity index (χ1n) is 8.53. The van der Waals surface area contributed by atoms with Crippen LogP contribution in [0.5, 0.6) is 0 Å². The fourth-order valence-corrected chi connectivity index (χ4v) is 4.72. The molecule has 0 radical (unpaired) electrons. The molecule has 140 valence electrons.